The van der Waals surface area contributed by atoms with E-state index >= 15 is 0 Å². The number of benzene rings is 2. The molecule has 6 heteroatoms. The molecule has 0 heterocycles. The van der Waals surface area contributed by atoms with Crippen LogP contribution in [0.15, 0.2) is 40.9 Å². The lowest BCUT2D eigenvalue weighted by atomic mass is 10.2. The summed E-state index contributed by atoms with van der Waals surface area (Å²) in [6, 6.07) is 8.69. The second-order valence-electron chi connectivity index (χ2n) is 4.04. The summed E-state index contributed by atoms with van der Waals surface area (Å²) in [4.78, 5) is -0.0847. The van der Waals surface area contributed by atoms with Crippen molar-refractivity contribution in [1.29, 1.82) is 0 Å². The topological polar surface area (TPSA) is 35.2 Å². The van der Waals surface area contributed by atoms with Crippen LogP contribution in [0, 0.1) is 11.6 Å². The van der Waals surface area contributed by atoms with Crippen molar-refractivity contribution in [3.05, 3.63) is 63.6 Å². The SMILES string of the molecule is NC(=S)c1c(F)cccc1OCc1cc(F)cc(Br)c1. The fourth-order valence-electron chi connectivity index (χ4n) is 1.72. The number of thiocarbonyl (C=S) groups is 1. The molecule has 0 radical (unpaired) electrons. The molecule has 0 amide bonds. The van der Waals surface area contributed by atoms with Crippen molar-refractivity contribution in [2.45, 2.75) is 6.61 Å². The van der Waals surface area contributed by atoms with E-state index < -0.39 is 5.82 Å². The van der Waals surface area contributed by atoms with Crippen molar-refractivity contribution in [3.8, 4) is 5.75 Å². The Kier molecular flexibility index (Phi) is 4.67. The van der Waals surface area contributed by atoms with Gasteiger partial charge in [0.2, 0.25) is 0 Å². The summed E-state index contributed by atoms with van der Waals surface area (Å²) in [7, 11) is 0. The zero-order valence-corrected chi connectivity index (χ0v) is 12.6. The third-order valence-electron chi connectivity index (χ3n) is 2.54. The van der Waals surface area contributed by atoms with Gasteiger partial charge in [0.25, 0.3) is 0 Å². The Hall–Kier alpha value is -1.53. The van der Waals surface area contributed by atoms with Crippen LogP contribution < -0.4 is 10.5 Å². The average molecular weight is 358 g/mol. The summed E-state index contributed by atoms with van der Waals surface area (Å²) in [6.07, 6.45) is 0. The molecule has 0 aliphatic heterocycles. The lowest BCUT2D eigenvalue weighted by Crippen LogP contribution is -2.14. The molecule has 20 heavy (non-hydrogen) atoms. The minimum atomic E-state index is -0.546. The van der Waals surface area contributed by atoms with Gasteiger partial charge in [-0.05, 0) is 35.9 Å². The van der Waals surface area contributed by atoms with Crippen LogP contribution >= 0.6 is 28.1 Å². The molecular weight excluding hydrogens is 348 g/mol. The van der Waals surface area contributed by atoms with E-state index in [2.05, 4.69) is 15.9 Å². The van der Waals surface area contributed by atoms with Crippen LogP contribution in [0.3, 0.4) is 0 Å². The van der Waals surface area contributed by atoms with E-state index in [1.54, 1.807) is 12.1 Å². The molecule has 0 aliphatic rings. The average Bonchev–Trinajstić information content (AvgIpc) is 2.34. The Morgan fingerprint density at radius 3 is 2.65 bits per heavy atom. The molecule has 2 aromatic rings. The zero-order valence-electron chi connectivity index (χ0n) is 10.2. The Morgan fingerprint density at radius 2 is 2.00 bits per heavy atom. The molecule has 0 bridgehead atoms. The molecule has 2 nitrogen and oxygen atoms in total. The highest BCUT2D eigenvalue weighted by atomic mass is 79.9. The maximum atomic E-state index is 13.6. The van der Waals surface area contributed by atoms with Gasteiger partial charge in [0.1, 0.15) is 29.0 Å². The van der Waals surface area contributed by atoms with E-state index in [-0.39, 0.29) is 28.7 Å². The van der Waals surface area contributed by atoms with Crippen LogP contribution in [-0.4, -0.2) is 4.99 Å². The monoisotopic (exact) mass is 357 g/mol. The molecule has 2 aromatic carbocycles. The molecule has 0 fully saturated rings. The van der Waals surface area contributed by atoms with E-state index in [1.165, 1.54) is 24.3 Å². The van der Waals surface area contributed by atoms with Crippen molar-refractivity contribution in [2.24, 2.45) is 5.73 Å². The Labute approximate surface area is 128 Å². The molecule has 0 spiro atoms. The third kappa shape index (κ3) is 3.52. The van der Waals surface area contributed by atoms with Gasteiger partial charge < -0.3 is 10.5 Å². The van der Waals surface area contributed by atoms with E-state index in [0.29, 0.717) is 10.0 Å². The van der Waals surface area contributed by atoms with Crippen molar-refractivity contribution in [1.82, 2.24) is 0 Å². The van der Waals surface area contributed by atoms with Crippen molar-refractivity contribution in [2.75, 3.05) is 0 Å². The highest BCUT2D eigenvalue weighted by Crippen LogP contribution is 2.23. The number of halogens is 3. The quantitative estimate of drug-likeness (QED) is 0.841. The van der Waals surface area contributed by atoms with E-state index in [9.17, 15) is 8.78 Å². The molecule has 0 saturated heterocycles. The highest BCUT2D eigenvalue weighted by molar-refractivity contribution is 9.10. The normalized spacial score (nSPS) is 10.3. The van der Waals surface area contributed by atoms with Gasteiger partial charge in [-0.15, -0.1) is 0 Å². The molecule has 0 saturated carbocycles. The van der Waals surface area contributed by atoms with Crippen molar-refractivity contribution in [3.63, 3.8) is 0 Å². The summed E-state index contributed by atoms with van der Waals surface area (Å²) < 4.78 is 33.0. The zero-order chi connectivity index (χ0) is 14.7. The lowest BCUT2D eigenvalue weighted by molar-refractivity contribution is 0.303. The van der Waals surface area contributed by atoms with Crippen LogP contribution in [0.5, 0.6) is 5.75 Å². The smallest absolute Gasteiger partial charge is 0.137 e. The Morgan fingerprint density at radius 1 is 1.25 bits per heavy atom. The van der Waals surface area contributed by atoms with Gasteiger partial charge >= 0.3 is 0 Å². The van der Waals surface area contributed by atoms with Gasteiger partial charge in [0.15, 0.2) is 0 Å². The van der Waals surface area contributed by atoms with Crippen molar-refractivity contribution >= 4 is 33.1 Å². The maximum absolute atomic E-state index is 13.6. The summed E-state index contributed by atoms with van der Waals surface area (Å²) in [6.45, 7) is 0.0788. The van der Waals surface area contributed by atoms with E-state index in [0.717, 1.165) is 0 Å². The highest BCUT2D eigenvalue weighted by Gasteiger charge is 2.12. The van der Waals surface area contributed by atoms with Crippen LogP contribution in [0.4, 0.5) is 8.78 Å². The molecule has 2 rings (SSSR count). The fraction of sp³-hybridized carbons (Fsp3) is 0.0714. The first-order valence-electron chi connectivity index (χ1n) is 5.63. The van der Waals surface area contributed by atoms with Crippen LogP contribution in [0.1, 0.15) is 11.1 Å². The van der Waals surface area contributed by atoms with Crippen LogP contribution in [0.25, 0.3) is 0 Å². The van der Waals surface area contributed by atoms with Gasteiger partial charge in [-0.25, -0.2) is 8.78 Å². The largest absolute Gasteiger partial charge is 0.488 e. The number of nitrogens with two attached hydrogens (primary N) is 1. The summed E-state index contributed by atoms with van der Waals surface area (Å²) >= 11 is 7.99. The van der Waals surface area contributed by atoms with Gasteiger partial charge in [0.05, 0.1) is 5.56 Å². The second-order valence-corrected chi connectivity index (χ2v) is 5.40. The standard InChI is InChI=1S/C14H10BrF2NOS/c15-9-4-8(5-10(16)6-9)7-19-12-3-1-2-11(17)13(12)14(18)20/h1-6H,7H2,(H2,18,20). The summed E-state index contributed by atoms with van der Waals surface area (Å²) in [5.74, 6) is -0.694. The minimum Gasteiger partial charge on any atom is -0.488 e. The van der Waals surface area contributed by atoms with E-state index in [1.807, 2.05) is 0 Å². The fourth-order valence-corrected chi connectivity index (χ4v) is 2.43. The minimum absolute atomic E-state index is 0.0537. The molecule has 2 N–H and O–H groups in total. The van der Waals surface area contributed by atoms with Crippen LogP contribution in [0.2, 0.25) is 0 Å². The number of ether oxygens (including phenoxy) is 1. The molecule has 0 aromatic heterocycles. The van der Waals surface area contributed by atoms with Gasteiger partial charge in [-0.3, -0.25) is 0 Å². The first-order chi connectivity index (χ1) is 9.47. The first kappa shape index (κ1) is 14.9. The molecular formula is C14H10BrF2NOS. The third-order valence-corrected chi connectivity index (χ3v) is 3.20. The predicted molar refractivity (Wildman–Crippen MR) is 80.7 cm³/mol. The first-order valence-corrected chi connectivity index (χ1v) is 6.83. The van der Waals surface area contributed by atoms with Gasteiger partial charge in [-0.2, -0.15) is 0 Å². The number of hydrogen-bond donors (Lipinski definition) is 1. The Balaban J connectivity index is 2.23. The van der Waals surface area contributed by atoms with Gasteiger partial charge in [-0.1, -0.05) is 34.2 Å². The lowest BCUT2D eigenvalue weighted by Gasteiger charge is -2.11. The van der Waals surface area contributed by atoms with Crippen LogP contribution in [-0.2, 0) is 6.61 Å². The molecule has 0 atom stereocenters. The Bertz CT molecular complexity index is 643. The molecule has 0 unspecified atom stereocenters. The van der Waals surface area contributed by atoms with E-state index in [4.69, 9.17) is 22.7 Å². The predicted octanol–water partition coefficient (Wildman–Crippen LogP) is 3.94. The van der Waals surface area contributed by atoms with Crippen molar-refractivity contribution < 1.29 is 13.5 Å². The summed E-state index contributed by atoms with van der Waals surface area (Å²) in [5, 5.41) is 0. The molecule has 0 aliphatic carbocycles. The maximum Gasteiger partial charge on any atom is 0.137 e. The second kappa shape index (κ2) is 6.28. The summed E-state index contributed by atoms with van der Waals surface area (Å²) in [5.41, 5.74) is 6.14. The van der Waals surface area contributed by atoms with Gasteiger partial charge in [0, 0.05) is 4.47 Å². The number of hydrogen-bond acceptors (Lipinski definition) is 2. The number of rotatable bonds is 4. The molecule has 104 valence electrons.